The number of benzene rings is 9. The van der Waals surface area contributed by atoms with E-state index < -0.39 is 0 Å². The van der Waals surface area contributed by atoms with E-state index in [-0.39, 0.29) is 5.41 Å². The highest BCUT2D eigenvalue weighted by atomic mass is 16.3. The van der Waals surface area contributed by atoms with Crippen LogP contribution in [0.2, 0.25) is 0 Å². The first kappa shape index (κ1) is 33.6. The molecule has 0 radical (unpaired) electrons. The number of anilines is 3. The summed E-state index contributed by atoms with van der Waals surface area (Å²) in [6, 6.07) is 69.9. The van der Waals surface area contributed by atoms with Gasteiger partial charge in [0.05, 0.1) is 11.2 Å². The van der Waals surface area contributed by atoms with E-state index in [4.69, 9.17) is 9.40 Å². The Hall–Kier alpha value is -7.49. The smallest absolute Gasteiger partial charge is 0.144 e. The molecular formula is C56H38N2O. The van der Waals surface area contributed by atoms with E-state index in [1.807, 2.05) is 6.07 Å². The van der Waals surface area contributed by atoms with Crippen LogP contribution in [-0.2, 0) is 5.41 Å². The summed E-state index contributed by atoms with van der Waals surface area (Å²) in [4.78, 5) is 7.97. The number of rotatable bonds is 5. The molecule has 0 unspecified atom stereocenters. The van der Waals surface area contributed by atoms with E-state index in [2.05, 4.69) is 207 Å². The monoisotopic (exact) mass is 754 g/mol. The molecule has 0 bridgehead atoms. The predicted molar refractivity (Wildman–Crippen MR) is 247 cm³/mol. The minimum Gasteiger partial charge on any atom is -0.455 e. The van der Waals surface area contributed by atoms with Gasteiger partial charge in [-0.2, -0.15) is 0 Å². The Bertz CT molecular complexity index is 3450. The lowest BCUT2D eigenvalue weighted by Crippen LogP contribution is -2.16. The second kappa shape index (κ2) is 12.8. The van der Waals surface area contributed by atoms with Gasteiger partial charge in [0.25, 0.3) is 0 Å². The van der Waals surface area contributed by atoms with Crippen LogP contribution in [0.5, 0.6) is 0 Å². The van der Waals surface area contributed by atoms with Crippen molar-refractivity contribution in [2.45, 2.75) is 19.3 Å². The number of fused-ring (bicyclic) bond motifs is 13. The van der Waals surface area contributed by atoms with Gasteiger partial charge in [0.15, 0.2) is 0 Å². The van der Waals surface area contributed by atoms with Crippen molar-refractivity contribution in [2.24, 2.45) is 0 Å². The Labute approximate surface area is 342 Å². The van der Waals surface area contributed by atoms with Crippen LogP contribution in [0.4, 0.5) is 17.1 Å². The summed E-state index contributed by atoms with van der Waals surface area (Å²) in [7, 11) is 0. The number of pyridine rings is 1. The van der Waals surface area contributed by atoms with Crippen molar-refractivity contribution < 1.29 is 4.42 Å². The quantitative estimate of drug-likeness (QED) is 0.164. The van der Waals surface area contributed by atoms with Gasteiger partial charge in [0.2, 0.25) is 0 Å². The van der Waals surface area contributed by atoms with E-state index in [1.165, 1.54) is 38.8 Å². The maximum Gasteiger partial charge on any atom is 0.144 e. The van der Waals surface area contributed by atoms with Gasteiger partial charge in [-0.3, -0.25) is 0 Å². The van der Waals surface area contributed by atoms with E-state index in [0.717, 1.165) is 77.3 Å². The maximum atomic E-state index is 6.59. The molecule has 59 heavy (non-hydrogen) atoms. The molecule has 11 aromatic rings. The second-order valence-corrected chi connectivity index (χ2v) is 16.3. The second-order valence-electron chi connectivity index (χ2n) is 16.3. The van der Waals surface area contributed by atoms with Crippen molar-refractivity contribution in [3.63, 3.8) is 0 Å². The highest BCUT2D eigenvalue weighted by molar-refractivity contribution is 6.35. The van der Waals surface area contributed by atoms with Crippen molar-refractivity contribution >= 4 is 71.4 Å². The Morgan fingerprint density at radius 1 is 0.424 bits per heavy atom. The topological polar surface area (TPSA) is 29.3 Å². The van der Waals surface area contributed by atoms with Gasteiger partial charge < -0.3 is 9.32 Å². The fourth-order valence-electron chi connectivity index (χ4n) is 9.78. The fraction of sp³-hybridized carbons (Fsp3) is 0.0536. The summed E-state index contributed by atoms with van der Waals surface area (Å²) >= 11 is 0. The number of para-hydroxylation sites is 1. The predicted octanol–water partition coefficient (Wildman–Crippen LogP) is 15.6. The van der Waals surface area contributed by atoms with Crippen LogP contribution in [0.1, 0.15) is 25.0 Å². The summed E-state index contributed by atoms with van der Waals surface area (Å²) in [5.41, 5.74) is 15.8. The van der Waals surface area contributed by atoms with E-state index in [1.54, 1.807) is 0 Å². The van der Waals surface area contributed by atoms with Crippen molar-refractivity contribution in [3.8, 4) is 33.5 Å². The third-order valence-electron chi connectivity index (χ3n) is 12.6. The van der Waals surface area contributed by atoms with Gasteiger partial charge in [-0.15, -0.1) is 0 Å². The standard InChI is InChI=1S/C56H38N2O/c1-56(2)48-22-12-10-16-41(48)42-33-32-40(34-49(42)56)58(38-28-24-36(25-29-38)35-14-4-3-5-15-35)39-30-26-37(27-31-39)53-44-18-7-6-17-43(44)51-52-47-21-11-13-23-50(47)59-55(52)46-20-9-8-19-45(46)54(51)57-53/h3-34H,1-2H3. The van der Waals surface area contributed by atoms with E-state index in [0.29, 0.717) is 0 Å². The Balaban J connectivity index is 1.04. The molecule has 3 heteroatoms. The average Bonchev–Trinajstić information content (AvgIpc) is 3.79. The molecule has 0 amide bonds. The minimum atomic E-state index is -0.115. The van der Waals surface area contributed by atoms with Crippen molar-refractivity contribution in [2.75, 3.05) is 4.90 Å². The average molecular weight is 755 g/mol. The molecule has 9 aromatic carbocycles. The van der Waals surface area contributed by atoms with Gasteiger partial charge in [0, 0.05) is 60.4 Å². The lowest BCUT2D eigenvalue weighted by Gasteiger charge is -2.28. The molecule has 0 N–H and O–H groups in total. The number of aromatic nitrogens is 1. The molecule has 0 saturated heterocycles. The normalized spacial score (nSPS) is 13.1. The van der Waals surface area contributed by atoms with Crippen LogP contribution in [-0.4, -0.2) is 4.98 Å². The summed E-state index contributed by atoms with van der Waals surface area (Å²) in [6.45, 7) is 4.69. The summed E-state index contributed by atoms with van der Waals surface area (Å²) in [6.07, 6.45) is 0. The third kappa shape index (κ3) is 5.04. The summed E-state index contributed by atoms with van der Waals surface area (Å²) in [5, 5.41) is 7.80. The molecule has 0 spiro atoms. The lowest BCUT2D eigenvalue weighted by atomic mass is 9.82. The highest BCUT2D eigenvalue weighted by Crippen LogP contribution is 2.51. The molecule has 0 saturated carbocycles. The largest absolute Gasteiger partial charge is 0.455 e. The summed E-state index contributed by atoms with van der Waals surface area (Å²) in [5.74, 6) is 0. The van der Waals surface area contributed by atoms with Crippen molar-refractivity contribution in [1.82, 2.24) is 4.98 Å². The molecule has 278 valence electrons. The van der Waals surface area contributed by atoms with Gasteiger partial charge in [-0.05, 0) is 81.2 Å². The molecule has 1 aliphatic rings. The minimum absolute atomic E-state index is 0.115. The highest BCUT2D eigenvalue weighted by Gasteiger charge is 2.35. The lowest BCUT2D eigenvalue weighted by molar-refractivity contribution is 0.660. The SMILES string of the molecule is CC1(C)c2ccccc2-c2ccc(N(c3ccc(-c4ccccc4)cc3)c3ccc(-c4nc5c6ccccc6c6oc7ccccc7c6c5c5ccccc45)cc3)cc21. The number of hydrogen-bond donors (Lipinski definition) is 0. The maximum absolute atomic E-state index is 6.59. The number of nitrogens with zero attached hydrogens (tertiary/aromatic N) is 2. The Kier molecular flexibility index (Phi) is 7.27. The molecule has 0 fully saturated rings. The van der Waals surface area contributed by atoms with E-state index in [9.17, 15) is 0 Å². The first-order valence-electron chi connectivity index (χ1n) is 20.4. The summed E-state index contributed by atoms with van der Waals surface area (Å²) < 4.78 is 6.59. The van der Waals surface area contributed by atoms with Gasteiger partial charge in [-0.1, -0.05) is 166 Å². The van der Waals surface area contributed by atoms with Crippen molar-refractivity contribution in [3.05, 3.63) is 205 Å². The van der Waals surface area contributed by atoms with Crippen LogP contribution < -0.4 is 4.90 Å². The molecule has 0 atom stereocenters. The zero-order valence-electron chi connectivity index (χ0n) is 32.8. The Morgan fingerprint density at radius 3 is 1.75 bits per heavy atom. The molecular weight excluding hydrogens is 717 g/mol. The van der Waals surface area contributed by atoms with Crippen LogP contribution in [0, 0.1) is 0 Å². The molecule has 2 aromatic heterocycles. The zero-order chi connectivity index (χ0) is 39.2. The molecule has 0 aliphatic heterocycles. The fourth-order valence-corrected chi connectivity index (χ4v) is 9.78. The van der Waals surface area contributed by atoms with Crippen LogP contribution in [0.25, 0.3) is 87.9 Å². The molecule has 3 nitrogen and oxygen atoms in total. The number of hydrogen-bond acceptors (Lipinski definition) is 3. The van der Waals surface area contributed by atoms with Crippen LogP contribution >= 0.6 is 0 Å². The molecule has 2 heterocycles. The first-order chi connectivity index (χ1) is 29.0. The zero-order valence-corrected chi connectivity index (χ0v) is 32.8. The van der Waals surface area contributed by atoms with Gasteiger partial charge >= 0.3 is 0 Å². The molecule has 1 aliphatic carbocycles. The number of furan rings is 1. The van der Waals surface area contributed by atoms with Crippen LogP contribution in [0.3, 0.4) is 0 Å². The Morgan fingerprint density at radius 2 is 0.983 bits per heavy atom. The van der Waals surface area contributed by atoms with Gasteiger partial charge in [-0.25, -0.2) is 4.98 Å². The van der Waals surface area contributed by atoms with Crippen LogP contribution in [0.15, 0.2) is 199 Å². The van der Waals surface area contributed by atoms with Gasteiger partial charge in [0.1, 0.15) is 11.2 Å². The third-order valence-corrected chi connectivity index (χ3v) is 12.6. The van der Waals surface area contributed by atoms with Crippen molar-refractivity contribution in [1.29, 1.82) is 0 Å². The molecule has 12 rings (SSSR count). The van der Waals surface area contributed by atoms with E-state index >= 15 is 0 Å². The first-order valence-corrected chi connectivity index (χ1v) is 20.4.